The molecule has 0 aromatic heterocycles. The van der Waals surface area contributed by atoms with E-state index < -0.39 is 0 Å². The van der Waals surface area contributed by atoms with Crippen LogP contribution in [0.5, 0.6) is 0 Å². The third-order valence-corrected chi connectivity index (χ3v) is 2.31. The molecule has 0 saturated carbocycles. The van der Waals surface area contributed by atoms with Gasteiger partial charge >= 0.3 is 0 Å². The van der Waals surface area contributed by atoms with Gasteiger partial charge in [-0.1, -0.05) is 6.08 Å². The summed E-state index contributed by atoms with van der Waals surface area (Å²) in [5.41, 5.74) is 0. The highest BCUT2D eigenvalue weighted by molar-refractivity contribution is 5.79. The van der Waals surface area contributed by atoms with Gasteiger partial charge in [-0.2, -0.15) is 0 Å². The third kappa shape index (κ3) is 0.753. The molecule has 2 aliphatic rings. The number of carbonyl (C=O) groups excluding carboxylic acids is 1. The quantitative estimate of drug-likeness (QED) is 0.492. The number of rotatable bonds is 0. The predicted molar refractivity (Wildman–Crippen MR) is 38.2 cm³/mol. The normalized spacial score (nSPS) is 31.0. The molecule has 1 atom stereocenters. The van der Waals surface area contributed by atoms with Crippen molar-refractivity contribution in [2.75, 3.05) is 0 Å². The van der Waals surface area contributed by atoms with Crippen LogP contribution in [-0.4, -0.2) is 16.8 Å². The number of hydrogen-bond donors (Lipinski definition) is 0. The largest absolute Gasteiger partial charge is 0.316 e. The minimum Gasteiger partial charge on any atom is -0.316 e. The van der Waals surface area contributed by atoms with Gasteiger partial charge in [-0.3, -0.25) is 4.79 Å². The van der Waals surface area contributed by atoms with Crippen LogP contribution >= 0.6 is 0 Å². The summed E-state index contributed by atoms with van der Waals surface area (Å²) in [7, 11) is 0. The molecule has 0 aromatic carbocycles. The first kappa shape index (κ1) is 5.96. The van der Waals surface area contributed by atoms with Gasteiger partial charge in [0.25, 0.3) is 0 Å². The summed E-state index contributed by atoms with van der Waals surface area (Å²) in [6.07, 6.45) is 8.18. The first-order valence-corrected chi connectivity index (χ1v) is 3.86. The van der Waals surface area contributed by atoms with Crippen LogP contribution in [0, 0.1) is 0 Å². The molecule has 1 amide bonds. The van der Waals surface area contributed by atoms with Crippen LogP contribution in [0.15, 0.2) is 12.3 Å². The fourth-order valence-electron chi connectivity index (χ4n) is 1.73. The van der Waals surface area contributed by atoms with E-state index in [2.05, 4.69) is 6.08 Å². The van der Waals surface area contributed by atoms with Crippen molar-refractivity contribution in [2.45, 2.75) is 31.7 Å². The van der Waals surface area contributed by atoms with Gasteiger partial charge in [-0.15, -0.1) is 0 Å². The minimum absolute atomic E-state index is 0.306. The lowest BCUT2D eigenvalue weighted by molar-refractivity contribution is -0.126. The SMILES string of the molecule is O=C1CCC2CCC=CN12. The van der Waals surface area contributed by atoms with Gasteiger partial charge in [0.2, 0.25) is 5.91 Å². The van der Waals surface area contributed by atoms with Gasteiger partial charge in [0, 0.05) is 18.7 Å². The number of fused-ring (bicyclic) bond motifs is 1. The Morgan fingerprint density at radius 3 is 3.20 bits per heavy atom. The van der Waals surface area contributed by atoms with E-state index in [-0.39, 0.29) is 0 Å². The van der Waals surface area contributed by atoms with Gasteiger partial charge in [0.1, 0.15) is 0 Å². The summed E-state index contributed by atoms with van der Waals surface area (Å²) in [6.45, 7) is 0. The Balaban J connectivity index is 2.21. The number of nitrogens with zero attached hydrogens (tertiary/aromatic N) is 1. The second kappa shape index (κ2) is 2.11. The average molecular weight is 137 g/mol. The molecule has 1 saturated heterocycles. The molecule has 0 bridgehead atoms. The molecule has 0 radical (unpaired) electrons. The van der Waals surface area contributed by atoms with E-state index in [1.54, 1.807) is 0 Å². The molecule has 2 heteroatoms. The van der Waals surface area contributed by atoms with Crippen molar-refractivity contribution in [3.05, 3.63) is 12.3 Å². The van der Waals surface area contributed by atoms with Crippen LogP contribution in [-0.2, 0) is 4.79 Å². The van der Waals surface area contributed by atoms with Crippen molar-refractivity contribution in [3.8, 4) is 0 Å². The van der Waals surface area contributed by atoms with Crippen LogP contribution < -0.4 is 0 Å². The van der Waals surface area contributed by atoms with E-state index in [1.165, 1.54) is 6.42 Å². The molecule has 2 heterocycles. The summed E-state index contributed by atoms with van der Waals surface area (Å²) in [6, 6.07) is 0.539. The molecule has 0 N–H and O–H groups in total. The van der Waals surface area contributed by atoms with Crippen molar-refractivity contribution in [2.24, 2.45) is 0 Å². The maximum atomic E-state index is 11.1. The zero-order chi connectivity index (χ0) is 6.97. The monoisotopic (exact) mass is 137 g/mol. The fraction of sp³-hybridized carbons (Fsp3) is 0.625. The van der Waals surface area contributed by atoms with Gasteiger partial charge in [-0.25, -0.2) is 0 Å². The lowest BCUT2D eigenvalue weighted by atomic mass is 10.1. The lowest BCUT2D eigenvalue weighted by Gasteiger charge is -2.23. The highest BCUT2D eigenvalue weighted by Gasteiger charge is 2.29. The van der Waals surface area contributed by atoms with Crippen molar-refractivity contribution >= 4 is 5.91 Å². The van der Waals surface area contributed by atoms with E-state index in [1.807, 2.05) is 11.1 Å². The Labute approximate surface area is 60.5 Å². The summed E-state index contributed by atoms with van der Waals surface area (Å²) >= 11 is 0. The van der Waals surface area contributed by atoms with Crippen molar-refractivity contribution in [3.63, 3.8) is 0 Å². The molecular formula is C8H11NO. The summed E-state index contributed by atoms with van der Waals surface area (Å²) in [5.74, 6) is 0.306. The standard InChI is InChI=1S/C8H11NO/c10-8-5-4-7-3-1-2-6-9(7)8/h2,6-7H,1,3-5H2. The maximum absolute atomic E-state index is 11.1. The lowest BCUT2D eigenvalue weighted by Crippen LogP contribution is -2.29. The first-order valence-electron chi connectivity index (χ1n) is 3.86. The zero-order valence-electron chi connectivity index (χ0n) is 5.92. The van der Waals surface area contributed by atoms with Crippen molar-refractivity contribution < 1.29 is 4.79 Å². The highest BCUT2D eigenvalue weighted by atomic mass is 16.2. The molecular weight excluding hydrogens is 126 g/mol. The van der Waals surface area contributed by atoms with Gasteiger partial charge in [0.05, 0.1) is 0 Å². The highest BCUT2D eigenvalue weighted by Crippen LogP contribution is 2.25. The topological polar surface area (TPSA) is 20.3 Å². The van der Waals surface area contributed by atoms with E-state index in [0.29, 0.717) is 11.9 Å². The Kier molecular flexibility index (Phi) is 1.26. The van der Waals surface area contributed by atoms with E-state index in [4.69, 9.17) is 0 Å². The average Bonchev–Trinajstić information content (AvgIpc) is 2.34. The number of hydrogen-bond acceptors (Lipinski definition) is 1. The molecule has 2 aliphatic heterocycles. The molecule has 1 fully saturated rings. The first-order chi connectivity index (χ1) is 4.88. The summed E-state index contributed by atoms with van der Waals surface area (Å²) in [5, 5.41) is 0. The molecule has 1 unspecified atom stereocenters. The van der Waals surface area contributed by atoms with Crippen molar-refractivity contribution in [1.82, 2.24) is 4.90 Å². The Morgan fingerprint density at radius 1 is 1.50 bits per heavy atom. The predicted octanol–water partition coefficient (Wildman–Crippen LogP) is 1.28. The number of allylic oxidation sites excluding steroid dienone is 1. The molecule has 0 aromatic rings. The van der Waals surface area contributed by atoms with Crippen LogP contribution in [0.25, 0.3) is 0 Å². The van der Waals surface area contributed by atoms with Gasteiger partial charge in [0.15, 0.2) is 0 Å². The Morgan fingerprint density at radius 2 is 2.40 bits per heavy atom. The molecule has 0 aliphatic carbocycles. The van der Waals surface area contributed by atoms with Gasteiger partial charge < -0.3 is 4.90 Å². The fourth-order valence-corrected chi connectivity index (χ4v) is 1.73. The van der Waals surface area contributed by atoms with E-state index >= 15 is 0 Å². The second-order valence-electron chi connectivity index (χ2n) is 2.96. The second-order valence-corrected chi connectivity index (χ2v) is 2.96. The Bertz CT molecular complexity index is 184. The third-order valence-electron chi connectivity index (χ3n) is 2.31. The molecule has 54 valence electrons. The van der Waals surface area contributed by atoms with Crippen molar-refractivity contribution in [1.29, 1.82) is 0 Å². The van der Waals surface area contributed by atoms with E-state index in [9.17, 15) is 4.79 Å². The molecule has 2 rings (SSSR count). The van der Waals surface area contributed by atoms with E-state index in [0.717, 1.165) is 19.3 Å². The van der Waals surface area contributed by atoms with Crippen LogP contribution in [0.3, 0.4) is 0 Å². The summed E-state index contributed by atoms with van der Waals surface area (Å²) in [4.78, 5) is 13.0. The minimum atomic E-state index is 0.306. The smallest absolute Gasteiger partial charge is 0.226 e. The van der Waals surface area contributed by atoms with Crippen LogP contribution in [0.1, 0.15) is 25.7 Å². The zero-order valence-corrected chi connectivity index (χ0v) is 5.92. The molecule has 0 spiro atoms. The van der Waals surface area contributed by atoms with Crippen LogP contribution in [0.4, 0.5) is 0 Å². The number of carbonyl (C=O) groups is 1. The summed E-state index contributed by atoms with van der Waals surface area (Å²) < 4.78 is 0. The molecule has 2 nitrogen and oxygen atoms in total. The van der Waals surface area contributed by atoms with Gasteiger partial charge in [-0.05, 0) is 19.3 Å². The van der Waals surface area contributed by atoms with Crippen LogP contribution in [0.2, 0.25) is 0 Å². The molecule has 10 heavy (non-hydrogen) atoms. The number of amides is 1. The maximum Gasteiger partial charge on any atom is 0.226 e. The Hall–Kier alpha value is -0.790.